The smallest absolute Gasteiger partial charge is 0.231 e. The molecule has 0 radical (unpaired) electrons. The molecule has 0 saturated carbocycles. The van der Waals surface area contributed by atoms with E-state index < -0.39 is 0 Å². The molecule has 0 fully saturated rings. The average Bonchev–Trinajstić information content (AvgIpc) is 2.50. The molecule has 0 spiro atoms. The fourth-order valence-electron chi connectivity index (χ4n) is 2.67. The molecule has 0 aliphatic carbocycles. The molecule has 1 aliphatic rings. The first-order valence-electron chi connectivity index (χ1n) is 7.10. The van der Waals surface area contributed by atoms with E-state index in [2.05, 4.69) is 18.0 Å². The molecular weight excluding hydrogens is 262 g/mol. The van der Waals surface area contributed by atoms with Crippen LogP contribution in [0.5, 0.6) is 0 Å². The largest absolute Gasteiger partial charge is 0.399 e. The molecule has 1 heterocycles. The molecule has 0 aromatic heterocycles. The van der Waals surface area contributed by atoms with Crippen molar-refractivity contribution in [1.29, 1.82) is 0 Å². The van der Waals surface area contributed by atoms with E-state index in [9.17, 15) is 4.79 Å². The van der Waals surface area contributed by atoms with Gasteiger partial charge in [-0.05, 0) is 29.8 Å². The number of nitrogens with zero attached hydrogens (tertiary/aromatic N) is 2. The summed E-state index contributed by atoms with van der Waals surface area (Å²) in [5.41, 5.74) is 9.49. The van der Waals surface area contributed by atoms with E-state index in [-0.39, 0.29) is 5.91 Å². The Labute approximate surface area is 124 Å². The van der Waals surface area contributed by atoms with Gasteiger partial charge in [0.05, 0.1) is 17.8 Å². The number of amides is 1. The monoisotopic (exact) mass is 281 g/mol. The van der Waals surface area contributed by atoms with Gasteiger partial charge < -0.3 is 15.5 Å². The molecule has 4 nitrogen and oxygen atoms in total. The van der Waals surface area contributed by atoms with Gasteiger partial charge in [-0.2, -0.15) is 0 Å². The fourth-order valence-corrected chi connectivity index (χ4v) is 2.67. The van der Waals surface area contributed by atoms with Crippen LogP contribution in [0, 0.1) is 0 Å². The van der Waals surface area contributed by atoms with Gasteiger partial charge in [0.1, 0.15) is 0 Å². The summed E-state index contributed by atoms with van der Waals surface area (Å²) in [5, 5.41) is 0. The van der Waals surface area contributed by atoms with Gasteiger partial charge in [0.15, 0.2) is 0 Å². The normalized spacial score (nSPS) is 14.0. The van der Waals surface area contributed by atoms with Crippen molar-refractivity contribution in [3.8, 4) is 0 Å². The van der Waals surface area contributed by atoms with E-state index in [1.54, 1.807) is 0 Å². The lowest BCUT2D eigenvalue weighted by Crippen LogP contribution is -2.43. The Bertz CT molecular complexity index is 651. The summed E-state index contributed by atoms with van der Waals surface area (Å²) in [6.07, 6.45) is 0.401. The molecule has 4 heteroatoms. The molecular formula is C17H19N3O. The van der Waals surface area contributed by atoms with Gasteiger partial charge in [-0.3, -0.25) is 4.79 Å². The quantitative estimate of drug-likeness (QED) is 0.859. The van der Waals surface area contributed by atoms with Gasteiger partial charge in [0.25, 0.3) is 0 Å². The highest BCUT2D eigenvalue weighted by Crippen LogP contribution is 2.32. The van der Waals surface area contributed by atoms with Crippen LogP contribution in [-0.4, -0.2) is 26.0 Å². The summed E-state index contributed by atoms with van der Waals surface area (Å²) < 4.78 is 0. The lowest BCUT2D eigenvalue weighted by Gasteiger charge is -2.35. The second-order valence-electron chi connectivity index (χ2n) is 5.37. The standard InChI is InChI=1S/C17H19N3O/c1-19-10-11-20(16-5-3-2-4-15(16)19)17(21)12-13-6-8-14(18)9-7-13/h2-9H,10-12,18H2,1H3. The topological polar surface area (TPSA) is 49.6 Å². The van der Waals surface area contributed by atoms with Crippen LogP contribution in [0.4, 0.5) is 17.1 Å². The van der Waals surface area contributed by atoms with Crippen LogP contribution in [0.25, 0.3) is 0 Å². The maximum atomic E-state index is 12.6. The number of carbonyl (C=O) groups is 1. The van der Waals surface area contributed by atoms with Crippen molar-refractivity contribution in [2.24, 2.45) is 0 Å². The SMILES string of the molecule is CN1CCN(C(=O)Cc2ccc(N)cc2)c2ccccc21. The predicted octanol–water partition coefficient (Wildman–Crippen LogP) is 2.29. The third-order valence-corrected chi connectivity index (χ3v) is 3.88. The number of nitrogens with two attached hydrogens (primary N) is 1. The summed E-state index contributed by atoms with van der Waals surface area (Å²) in [4.78, 5) is 16.7. The molecule has 0 bridgehead atoms. The highest BCUT2D eigenvalue weighted by atomic mass is 16.2. The fraction of sp³-hybridized carbons (Fsp3) is 0.235. The number of hydrogen-bond donors (Lipinski definition) is 1. The second kappa shape index (κ2) is 5.48. The van der Waals surface area contributed by atoms with Crippen LogP contribution in [0.2, 0.25) is 0 Å². The minimum Gasteiger partial charge on any atom is -0.399 e. The Morgan fingerprint density at radius 1 is 1.05 bits per heavy atom. The lowest BCUT2D eigenvalue weighted by molar-refractivity contribution is -0.118. The minimum absolute atomic E-state index is 0.125. The van der Waals surface area contributed by atoms with Crippen LogP contribution in [-0.2, 0) is 11.2 Å². The Morgan fingerprint density at radius 3 is 2.43 bits per heavy atom. The Hall–Kier alpha value is -2.49. The van der Waals surface area contributed by atoms with Crippen molar-refractivity contribution in [1.82, 2.24) is 0 Å². The van der Waals surface area contributed by atoms with Crippen LogP contribution in [0.15, 0.2) is 48.5 Å². The Morgan fingerprint density at radius 2 is 1.71 bits per heavy atom. The van der Waals surface area contributed by atoms with Crippen LogP contribution in [0.1, 0.15) is 5.56 Å². The first kappa shape index (κ1) is 13.5. The van der Waals surface area contributed by atoms with Gasteiger partial charge in [-0.25, -0.2) is 0 Å². The molecule has 108 valence electrons. The van der Waals surface area contributed by atoms with Crippen molar-refractivity contribution in [3.05, 3.63) is 54.1 Å². The molecule has 2 aromatic carbocycles. The highest BCUT2D eigenvalue weighted by molar-refractivity contribution is 5.98. The number of fused-ring (bicyclic) bond motifs is 1. The summed E-state index contributed by atoms with van der Waals surface area (Å²) >= 11 is 0. The molecule has 3 rings (SSSR count). The van der Waals surface area contributed by atoms with Gasteiger partial charge in [-0.1, -0.05) is 24.3 Å². The number of rotatable bonds is 2. The third kappa shape index (κ3) is 2.70. The second-order valence-corrected chi connectivity index (χ2v) is 5.37. The molecule has 0 atom stereocenters. The predicted molar refractivity (Wildman–Crippen MR) is 86.6 cm³/mol. The Balaban J connectivity index is 1.82. The van der Waals surface area contributed by atoms with E-state index in [0.29, 0.717) is 6.42 Å². The van der Waals surface area contributed by atoms with E-state index in [1.807, 2.05) is 47.4 Å². The number of anilines is 3. The number of benzene rings is 2. The molecule has 1 amide bonds. The van der Waals surface area contributed by atoms with Crippen LogP contribution in [0.3, 0.4) is 0 Å². The lowest BCUT2D eigenvalue weighted by atomic mass is 10.1. The molecule has 2 N–H and O–H groups in total. The van der Waals surface area contributed by atoms with Crippen molar-refractivity contribution >= 4 is 23.0 Å². The zero-order chi connectivity index (χ0) is 14.8. The van der Waals surface area contributed by atoms with Crippen molar-refractivity contribution in [2.45, 2.75) is 6.42 Å². The molecule has 0 saturated heterocycles. The third-order valence-electron chi connectivity index (χ3n) is 3.88. The summed E-state index contributed by atoms with van der Waals surface area (Å²) in [6.45, 7) is 1.58. The maximum absolute atomic E-state index is 12.6. The number of nitrogen functional groups attached to an aromatic ring is 1. The first-order chi connectivity index (χ1) is 10.1. The zero-order valence-corrected chi connectivity index (χ0v) is 12.1. The van der Waals surface area contributed by atoms with E-state index in [4.69, 9.17) is 5.73 Å². The van der Waals surface area contributed by atoms with Crippen LogP contribution >= 0.6 is 0 Å². The maximum Gasteiger partial charge on any atom is 0.231 e. The van der Waals surface area contributed by atoms with Gasteiger partial charge in [0.2, 0.25) is 5.91 Å². The van der Waals surface area contributed by atoms with Crippen LogP contribution < -0.4 is 15.5 Å². The van der Waals surface area contributed by atoms with Gasteiger partial charge in [-0.15, -0.1) is 0 Å². The van der Waals surface area contributed by atoms with Crippen molar-refractivity contribution in [2.75, 3.05) is 35.7 Å². The van der Waals surface area contributed by atoms with Gasteiger partial charge in [0, 0.05) is 25.8 Å². The van der Waals surface area contributed by atoms with Crippen molar-refractivity contribution in [3.63, 3.8) is 0 Å². The van der Waals surface area contributed by atoms with Gasteiger partial charge >= 0.3 is 0 Å². The van der Waals surface area contributed by atoms with Crippen molar-refractivity contribution < 1.29 is 4.79 Å². The minimum atomic E-state index is 0.125. The number of para-hydroxylation sites is 2. The number of carbonyl (C=O) groups excluding carboxylic acids is 1. The first-order valence-corrected chi connectivity index (χ1v) is 7.10. The molecule has 1 aliphatic heterocycles. The zero-order valence-electron chi connectivity index (χ0n) is 12.1. The average molecular weight is 281 g/mol. The van der Waals surface area contributed by atoms with E-state index in [1.165, 1.54) is 0 Å². The summed E-state index contributed by atoms with van der Waals surface area (Å²) in [7, 11) is 2.06. The summed E-state index contributed by atoms with van der Waals surface area (Å²) in [6, 6.07) is 15.5. The highest BCUT2D eigenvalue weighted by Gasteiger charge is 2.24. The Kier molecular flexibility index (Phi) is 3.52. The number of likely N-dealkylation sites (N-methyl/N-ethyl adjacent to an activating group) is 1. The molecule has 21 heavy (non-hydrogen) atoms. The van der Waals surface area contributed by atoms with E-state index in [0.717, 1.165) is 35.7 Å². The molecule has 0 unspecified atom stereocenters. The van der Waals surface area contributed by atoms with E-state index >= 15 is 0 Å². The summed E-state index contributed by atoms with van der Waals surface area (Å²) in [5.74, 6) is 0.125. The molecule has 2 aromatic rings. The number of hydrogen-bond acceptors (Lipinski definition) is 3.